The molecule has 6 heteroatoms. The predicted molar refractivity (Wildman–Crippen MR) is 212 cm³/mol. The van der Waals surface area contributed by atoms with Crippen LogP contribution >= 0.6 is 0 Å². The largest absolute Gasteiger partial charge is 0.309 e. The van der Waals surface area contributed by atoms with Gasteiger partial charge in [0.05, 0.1) is 49.8 Å². The molecule has 0 saturated carbocycles. The van der Waals surface area contributed by atoms with Gasteiger partial charge in [0.2, 0.25) is 0 Å². The molecule has 11 aromatic rings. The highest BCUT2D eigenvalue weighted by molar-refractivity contribution is 6.29. The molecule has 6 heterocycles. The van der Waals surface area contributed by atoms with Crippen LogP contribution in [-0.4, -0.2) is 29.1 Å². The molecule has 0 saturated heterocycles. The van der Waals surface area contributed by atoms with Gasteiger partial charge in [-0.2, -0.15) is 0 Å². The van der Waals surface area contributed by atoms with Gasteiger partial charge in [-0.05, 0) is 103 Å². The molecule has 0 aliphatic heterocycles. The zero-order chi connectivity index (χ0) is 34.2. The lowest BCUT2D eigenvalue weighted by atomic mass is 10.0. The minimum absolute atomic E-state index is 0.857. The first kappa shape index (κ1) is 28.6. The van der Waals surface area contributed by atoms with Crippen LogP contribution in [0, 0.1) is 0 Å². The van der Waals surface area contributed by atoms with Gasteiger partial charge in [-0.3, -0.25) is 15.0 Å². The van der Waals surface area contributed by atoms with Crippen LogP contribution in [-0.2, 0) is 0 Å². The number of fused-ring (bicyclic) bond motifs is 9. The summed E-state index contributed by atoms with van der Waals surface area (Å²) in [5.41, 5.74) is 14.2. The van der Waals surface area contributed by atoms with E-state index in [4.69, 9.17) is 9.97 Å². The van der Waals surface area contributed by atoms with Gasteiger partial charge in [0.1, 0.15) is 0 Å². The molecule has 0 radical (unpaired) electrons. The topological polar surface area (TPSA) is 61.4 Å². The maximum Gasteiger partial charge on any atom is 0.0894 e. The third-order valence-electron chi connectivity index (χ3n) is 10.2. The molecule has 0 unspecified atom stereocenters. The normalized spacial score (nSPS) is 11.8. The van der Waals surface area contributed by atoms with Crippen molar-refractivity contribution in [1.29, 1.82) is 0 Å². The molecule has 6 nitrogen and oxygen atoms in total. The van der Waals surface area contributed by atoms with Crippen molar-refractivity contribution in [2.75, 3.05) is 0 Å². The number of aromatic nitrogens is 6. The predicted octanol–water partition coefficient (Wildman–Crippen LogP) is 11.1. The maximum atomic E-state index is 5.08. The Balaban J connectivity index is 1.23. The SMILES string of the molecule is c1ccc(-n2c3ccccc3c3c4c5ccccc5n(-c5cc(-c6cnc7cccnc7c6)cc(-c6ccc7ncccc7n6)c5)c4ccc32)cc1. The number of hydrogen-bond acceptors (Lipinski definition) is 4. The number of hydrogen-bond donors (Lipinski definition) is 0. The summed E-state index contributed by atoms with van der Waals surface area (Å²) in [6.45, 7) is 0. The van der Waals surface area contributed by atoms with Gasteiger partial charge >= 0.3 is 0 Å². The first-order chi connectivity index (χ1) is 25.8. The summed E-state index contributed by atoms with van der Waals surface area (Å²) in [5, 5.41) is 4.92. The minimum Gasteiger partial charge on any atom is -0.309 e. The molecule has 242 valence electrons. The fraction of sp³-hybridized carbons (Fsp3) is 0. The Bertz CT molecular complexity index is 3100. The Kier molecular flexibility index (Phi) is 6.15. The van der Waals surface area contributed by atoms with Crippen LogP contribution in [0.15, 0.2) is 170 Å². The smallest absolute Gasteiger partial charge is 0.0894 e. The van der Waals surface area contributed by atoms with Gasteiger partial charge in [-0.25, -0.2) is 4.98 Å². The quantitative estimate of drug-likeness (QED) is 0.188. The Morgan fingerprint density at radius 2 is 0.981 bits per heavy atom. The van der Waals surface area contributed by atoms with E-state index in [2.05, 4.69) is 140 Å². The Labute approximate surface area is 297 Å². The van der Waals surface area contributed by atoms with Crippen LogP contribution in [0.2, 0.25) is 0 Å². The summed E-state index contributed by atoms with van der Waals surface area (Å²) < 4.78 is 4.79. The van der Waals surface area contributed by atoms with E-state index in [0.717, 1.165) is 66.9 Å². The third-order valence-corrected chi connectivity index (χ3v) is 10.2. The van der Waals surface area contributed by atoms with Crippen molar-refractivity contribution in [2.45, 2.75) is 0 Å². The Morgan fingerprint density at radius 3 is 1.73 bits per heavy atom. The Hall–Kier alpha value is -7.18. The summed E-state index contributed by atoms with van der Waals surface area (Å²) in [4.78, 5) is 19.0. The molecule has 52 heavy (non-hydrogen) atoms. The lowest BCUT2D eigenvalue weighted by Crippen LogP contribution is -1.97. The number of benzene rings is 5. The van der Waals surface area contributed by atoms with Gasteiger partial charge in [0.15, 0.2) is 0 Å². The Morgan fingerprint density at radius 1 is 0.365 bits per heavy atom. The third kappa shape index (κ3) is 4.31. The van der Waals surface area contributed by atoms with Crippen molar-refractivity contribution in [3.63, 3.8) is 0 Å². The van der Waals surface area contributed by atoms with Gasteiger partial charge in [-0.15, -0.1) is 0 Å². The molecule has 6 aromatic heterocycles. The molecular weight excluding hydrogens is 637 g/mol. The maximum absolute atomic E-state index is 5.08. The standard InChI is InChI=1S/C46H28N6/c1-2-10-32(11-3-1)51-41-16-6-4-12-34(41)45-43(51)20-21-44-46(45)35-13-5-7-17-42(35)52(44)33-25-29(31-27-40-37(49-28-31)14-8-23-48-40)24-30(26-33)36-18-19-38-39(50-36)15-9-22-47-38/h1-28H. The molecule has 11 rings (SSSR count). The van der Waals surface area contributed by atoms with Crippen molar-refractivity contribution in [3.8, 4) is 33.8 Å². The van der Waals surface area contributed by atoms with Gasteiger partial charge in [0, 0.05) is 62.6 Å². The van der Waals surface area contributed by atoms with Crippen molar-refractivity contribution < 1.29 is 0 Å². The van der Waals surface area contributed by atoms with E-state index in [0.29, 0.717) is 0 Å². The fourth-order valence-corrected chi connectivity index (χ4v) is 7.94. The van der Waals surface area contributed by atoms with E-state index in [9.17, 15) is 0 Å². The molecule has 0 bridgehead atoms. The molecular formula is C46H28N6. The first-order valence-electron chi connectivity index (χ1n) is 17.4. The molecule has 0 atom stereocenters. The van der Waals surface area contributed by atoms with Crippen molar-refractivity contribution in [1.82, 2.24) is 29.1 Å². The summed E-state index contributed by atoms with van der Waals surface area (Å²) in [6.07, 6.45) is 5.56. The summed E-state index contributed by atoms with van der Waals surface area (Å²) >= 11 is 0. The van der Waals surface area contributed by atoms with Crippen LogP contribution in [0.25, 0.3) is 99.4 Å². The monoisotopic (exact) mass is 664 g/mol. The molecule has 5 aromatic carbocycles. The van der Waals surface area contributed by atoms with Crippen LogP contribution < -0.4 is 0 Å². The highest BCUT2D eigenvalue weighted by atomic mass is 15.0. The summed E-state index contributed by atoms with van der Waals surface area (Å²) in [5.74, 6) is 0. The second-order valence-corrected chi connectivity index (χ2v) is 13.2. The van der Waals surface area contributed by atoms with Crippen molar-refractivity contribution in [2.24, 2.45) is 0 Å². The van der Waals surface area contributed by atoms with E-state index in [1.807, 2.05) is 42.7 Å². The first-order valence-corrected chi connectivity index (χ1v) is 17.4. The van der Waals surface area contributed by atoms with Crippen molar-refractivity contribution >= 4 is 65.7 Å². The zero-order valence-electron chi connectivity index (χ0n) is 27.8. The van der Waals surface area contributed by atoms with Gasteiger partial charge in [-0.1, -0.05) is 54.6 Å². The van der Waals surface area contributed by atoms with E-state index < -0.39 is 0 Å². The molecule has 0 aliphatic carbocycles. The molecule has 0 amide bonds. The average Bonchev–Trinajstić information content (AvgIpc) is 3.73. The lowest BCUT2D eigenvalue weighted by Gasteiger charge is -2.14. The minimum atomic E-state index is 0.857. The number of pyridine rings is 4. The number of nitrogens with zero attached hydrogens (tertiary/aromatic N) is 6. The van der Waals surface area contributed by atoms with Crippen LogP contribution in [0.3, 0.4) is 0 Å². The summed E-state index contributed by atoms with van der Waals surface area (Å²) in [7, 11) is 0. The molecule has 0 N–H and O–H groups in total. The van der Waals surface area contributed by atoms with E-state index in [1.54, 1.807) is 6.20 Å². The number of rotatable bonds is 4. The summed E-state index contributed by atoms with van der Waals surface area (Å²) in [6, 6.07) is 53.5. The highest BCUT2D eigenvalue weighted by Crippen LogP contribution is 2.43. The van der Waals surface area contributed by atoms with Crippen LogP contribution in [0.5, 0.6) is 0 Å². The average molecular weight is 665 g/mol. The molecule has 0 spiro atoms. The highest BCUT2D eigenvalue weighted by Gasteiger charge is 2.21. The van der Waals surface area contributed by atoms with Gasteiger partial charge in [0.25, 0.3) is 0 Å². The van der Waals surface area contributed by atoms with Crippen molar-refractivity contribution in [3.05, 3.63) is 170 Å². The van der Waals surface area contributed by atoms with E-state index in [1.165, 1.54) is 32.6 Å². The van der Waals surface area contributed by atoms with Gasteiger partial charge < -0.3 is 9.13 Å². The van der Waals surface area contributed by atoms with Crippen LogP contribution in [0.1, 0.15) is 0 Å². The molecule has 0 aliphatic rings. The second-order valence-electron chi connectivity index (χ2n) is 13.2. The molecule has 0 fully saturated rings. The zero-order valence-corrected chi connectivity index (χ0v) is 27.8. The number of para-hydroxylation sites is 3. The second kappa shape index (κ2) is 11.2. The van der Waals surface area contributed by atoms with E-state index >= 15 is 0 Å². The van der Waals surface area contributed by atoms with Crippen LogP contribution in [0.4, 0.5) is 0 Å². The fourth-order valence-electron chi connectivity index (χ4n) is 7.94. The van der Waals surface area contributed by atoms with E-state index in [-0.39, 0.29) is 0 Å². The lowest BCUT2D eigenvalue weighted by molar-refractivity contribution is 1.17.